The number of amides is 1. The third kappa shape index (κ3) is 4.59. The van der Waals surface area contributed by atoms with E-state index < -0.39 is 30.7 Å². The number of carbonyl (C=O) groups excluding carboxylic acids is 1. The van der Waals surface area contributed by atoms with Crippen LogP contribution >= 0.6 is 0 Å². The van der Waals surface area contributed by atoms with Gasteiger partial charge in [-0.3, -0.25) is 4.79 Å². The van der Waals surface area contributed by atoms with E-state index in [1.54, 1.807) is 0 Å². The van der Waals surface area contributed by atoms with Crippen LogP contribution in [0.2, 0.25) is 0 Å². The molecule has 1 aliphatic heterocycles. The standard InChI is InChI=1S/C15H17F3N2O4/c1-9-3-5-20(11(6-9)14(22)23)13(21)10-2-4-19-12(7-10)24-8-15(16,17)18/h2,4,7,9,11H,3,5-6,8H2,1H3,(H,22,23). The minimum atomic E-state index is -4.51. The number of hydrogen-bond donors (Lipinski definition) is 1. The van der Waals surface area contributed by atoms with Crippen LogP contribution in [-0.4, -0.2) is 52.2 Å². The summed E-state index contributed by atoms with van der Waals surface area (Å²) in [6.07, 6.45) is -2.36. The van der Waals surface area contributed by atoms with Crippen LogP contribution in [-0.2, 0) is 4.79 Å². The van der Waals surface area contributed by atoms with E-state index in [9.17, 15) is 27.9 Å². The zero-order chi connectivity index (χ0) is 17.9. The van der Waals surface area contributed by atoms with Gasteiger partial charge in [-0.2, -0.15) is 13.2 Å². The lowest BCUT2D eigenvalue weighted by Crippen LogP contribution is -2.49. The Morgan fingerprint density at radius 2 is 2.17 bits per heavy atom. The van der Waals surface area contributed by atoms with Crippen molar-refractivity contribution < 1.29 is 32.6 Å². The maximum Gasteiger partial charge on any atom is 0.422 e. The summed E-state index contributed by atoms with van der Waals surface area (Å²) in [5.74, 6) is -1.82. The lowest BCUT2D eigenvalue weighted by molar-refractivity contribution is -0.154. The Hall–Kier alpha value is -2.32. The number of aliphatic carboxylic acids is 1. The number of carboxylic acid groups (broad SMARTS) is 1. The molecule has 2 atom stereocenters. The third-order valence-electron chi connectivity index (χ3n) is 3.78. The first kappa shape index (κ1) is 18.0. The smallest absolute Gasteiger partial charge is 0.422 e. The summed E-state index contributed by atoms with van der Waals surface area (Å²) in [4.78, 5) is 28.8. The second-order valence-electron chi connectivity index (χ2n) is 5.77. The quantitative estimate of drug-likeness (QED) is 0.905. The zero-order valence-corrected chi connectivity index (χ0v) is 12.9. The van der Waals surface area contributed by atoms with Crippen molar-refractivity contribution in [3.63, 3.8) is 0 Å². The molecule has 2 unspecified atom stereocenters. The van der Waals surface area contributed by atoms with Gasteiger partial charge in [0.05, 0.1) is 0 Å². The van der Waals surface area contributed by atoms with Crippen molar-refractivity contribution >= 4 is 11.9 Å². The van der Waals surface area contributed by atoms with Crippen LogP contribution in [0.25, 0.3) is 0 Å². The first-order chi connectivity index (χ1) is 11.2. The maximum atomic E-state index is 12.5. The number of pyridine rings is 1. The number of ether oxygens (including phenoxy) is 1. The Bertz CT molecular complexity index is 621. The molecule has 2 rings (SSSR count). The van der Waals surface area contributed by atoms with Gasteiger partial charge >= 0.3 is 12.1 Å². The van der Waals surface area contributed by atoms with E-state index >= 15 is 0 Å². The highest BCUT2D eigenvalue weighted by molar-refractivity contribution is 5.96. The van der Waals surface area contributed by atoms with Crippen LogP contribution < -0.4 is 4.74 Å². The molecule has 24 heavy (non-hydrogen) atoms. The van der Waals surface area contributed by atoms with Gasteiger partial charge in [-0.15, -0.1) is 0 Å². The van der Waals surface area contributed by atoms with Gasteiger partial charge in [0.15, 0.2) is 6.61 Å². The first-order valence-corrected chi connectivity index (χ1v) is 7.37. The van der Waals surface area contributed by atoms with Gasteiger partial charge in [0.1, 0.15) is 6.04 Å². The minimum absolute atomic E-state index is 0.0444. The number of rotatable bonds is 4. The fraction of sp³-hybridized carbons (Fsp3) is 0.533. The minimum Gasteiger partial charge on any atom is -0.480 e. The van der Waals surface area contributed by atoms with E-state index in [1.807, 2.05) is 6.92 Å². The Kier molecular flexibility index (Phi) is 5.30. The van der Waals surface area contributed by atoms with Crippen molar-refractivity contribution in [2.45, 2.75) is 32.0 Å². The summed E-state index contributed by atoms with van der Waals surface area (Å²) >= 11 is 0. The molecule has 0 radical (unpaired) electrons. The maximum absolute atomic E-state index is 12.5. The Morgan fingerprint density at radius 3 is 2.79 bits per heavy atom. The van der Waals surface area contributed by atoms with E-state index in [-0.39, 0.29) is 23.9 Å². The van der Waals surface area contributed by atoms with Crippen LogP contribution in [0.3, 0.4) is 0 Å². The first-order valence-electron chi connectivity index (χ1n) is 7.37. The zero-order valence-electron chi connectivity index (χ0n) is 12.9. The molecule has 1 fully saturated rings. The van der Waals surface area contributed by atoms with Crippen LogP contribution in [0.15, 0.2) is 18.3 Å². The summed E-state index contributed by atoms with van der Waals surface area (Å²) in [5.41, 5.74) is 0.0444. The molecule has 1 N–H and O–H groups in total. The molecule has 2 heterocycles. The molecule has 1 aromatic rings. The van der Waals surface area contributed by atoms with Gasteiger partial charge in [-0.25, -0.2) is 9.78 Å². The van der Waals surface area contributed by atoms with Gasteiger partial charge in [0, 0.05) is 24.4 Å². The van der Waals surface area contributed by atoms with Crippen molar-refractivity contribution in [1.82, 2.24) is 9.88 Å². The molecule has 0 bridgehead atoms. The molecule has 0 spiro atoms. The highest BCUT2D eigenvalue weighted by Crippen LogP contribution is 2.25. The molecule has 1 aliphatic rings. The molecule has 132 valence electrons. The molecule has 1 saturated heterocycles. The number of alkyl halides is 3. The fourth-order valence-electron chi connectivity index (χ4n) is 2.56. The Labute approximate surface area is 136 Å². The molecule has 1 aromatic heterocycles. The number of carboxylic acids is 1. The van der Waals surface area contributed by atoms with Crippen molar-refractivity contribution in [3.8, 4) is 5.88 Å². The molecule has 9 heteroatoms. The van der Waals surface area contributed by atoms with E-state index in [0.717, 1.165) is 12.3 Å². The molecule has 1 amide bonds. The van der Waals surface area contributed by atoms with Crippen LogP contribution in [0.1, 0.15) is 30.1 Å². The highest BCUT2D eigenvalue weighted by Gasteiger charge is 2.35. The van der Waals surface area contributed by atoms with Crippen LogP contribution in [0.4, 0.5) is 13.2 Å². The topological polar surface area (TPSA) is 79.7 Å². The predicted molar refractivity (Wildman–Crippen MR) is 76.6 cm³/mol. The lowest BCUT2D eigenvalue weighted by atomic mass is 9.92. The van der Waals surface area contributed by atoms with Gasteiger partial charge < -0.3 is 14.7 Å². The molecule has 0 aliphatic carbocycles. The monoisotopic (exact) mass is 346 g/mol. The molecule has 6 nitrogen and oxygen atoms in total. The second kappa shape index (κ2) is 7.06. The van der Waals surface area contributed by atoms with Crippen molar-refractivity contribution in [2.24, 2.45) is 5.92 Å². The number of hydrogen-bond acceptors (Lipinski definition) is 4. The number of aromatic nitrogens is 1. The van der Waals surface area contributed by atoms with Gasteiger partial charge in [0.25, 0.3) is 5.91 Å². The number of halogens is 3. The van der Waals surface area contributed by atoms with Crippen molar-refractivity contribution in [1.29, 1.82) is 0 Å². The number of piperidine rings is 1. The van der Waals surface area contributed by atoms with Crippen molar-refractivity contribution in [3.05, 3.63) is 23.9 Å². The van der Waals surface area contributed by atoms with Crippen LogP contribution in [0, 0.1) is 5.92 Å². The SMILES string of the molecule is CC1CCN(C(=O)c2ccnc(OCC(F)(F)F)c2)C(C(=O)O)C1. The summed E-state index contributed by atoms with van der Waals surface area (Å²) in [6.45, 7) is 0.669. The Morgan fingerprint density at radius 1 is 1.46 bits per heavy atom. The predicted octanol–water partition coefficient (Wildman–Crippen LogP) is 2.35. The van der Waals surface area contributed by atoms with Crippen LogP contribution in [0.5, 0.6) is 5.88 Å². The largest absolute Gasteiger partial charge is 0.480 e. The van der Waals surface area contributed by atoms with Gasteiger partial charge in [-0.1, -0.05) is 6.92 Å². The average Bonchev–Trinajstić information content (AvgIpc) is 2.52. The second-order valence-corrected chi connectivity index (χ2v) is 5.77. The normalized spacial score (nSPS) is 21.4. The van der Waals surface area contributed by atoms with Gasteiger partial charge in [0.2, 0.25) is 5.88 Å². The molecular weight excluding hydrogens is 329 g/mol. The molecule has 0 saturated carbocycles. The van der Waals surface area contributed by atoms with Gasteiger partial charge in [-0.05, 0) is 24.8 Å². The summed E-state index contributed by atoms with van der Waals surface area (Å²) in [5, 5.41) is 9.29. The van der Waals surface area contributed by atoms with Crippen molar-refractivity contribution in [2.75, 3.05) is 13.2 Å². The highest BCUT2D eigenvalue weighted by atomic mass is 19.4. The summed E-state index contributed by atoms with van der Waals surface area (Å²) in [6, 6.07) is 1.46. The van der Waals surface area contributed by atoms with E-state index in [2.05, 4.69) is 9.72 Å². The molecular formula is C15H17F3N2O4. The van der Waals surface area contributed by atoms with E-state index in [4.69, 9.17) is 0 Å². The Balaban J connectivity index is 2.15. The van der Waals surface area contributed by atoms with E-state index in [1.165, 1.54) is 11.0 Å². The van der Waals surface area contributed by atoms with E-state index in [0.29, 0.717) is 12.8 Å². The number of likely N-dealkylation sites (tertiary alicyclic amines) is 1. The average molecular weight is 346 g/mol. The summed E-state index contributed by atoms with van der Waals surface area (Å²) < 4.78 is 41.0. The fourth-order valence-corrected chi connectivity index (χ4v) is 2.56. The lowest BCUT2D eigenvalue weighted by Gasteiger charge is -2.36. The summed E-state index contributed by atoms with van der Waals surface area (Å²) in [7, 11) is 0. The third-order valence-corrected chi connectivity index (χ3v) is 3.78. The number of carbonyl (C=O) groups is 2. The number of nitrogens with zero attached hydrogens (tertiary/aromatic N) is 2. The molecule has 0 aromatic carbocycles.